The quantitative estimate of drug-likeness (QED) is 0.238. The van der Waals surface area contributed by atoms with E-state index in [0.717, 1.165) is 50.5 Å². The normalized spacial score (nSPS) is 21.0. The van der Waals surface area contributed by atoms with E-state index < -0.39 is 38.6 Å². The Morgan fingerprint density at radius 3 is 2.49 bits per heavy atom. The molecule has 9 nitrogen and oxygen atoms in total. The van der Waals surface area contributed by atoms with E-state index in [9.17, 15) is 21.6 Å². The van der Waals surface area contributed by atoms with Gasteiger partial charge in [-0.25, -0.2) is 22.8 Å². The Hall–Kier alpha value is -3.49. The van der Waals surface area contributed by atoms with Crippen LogP contribution in [0.15, 0.2) is 59.9 Å². The molecule has 1 aromatic heterocycles. The largest absolute Gasteiger partial charge is 0.487 e. The number of aromatic nitrogens is 2. The van der Waals surface area contributed by atoms with Gasteiger partial charge < -0.3 is 9.84 Å². The topological polar surface area (TPSA) is 122 Å². The lowest BCUT2D eigenvalue weighted by molar-refractivity contribution is -0.137. The second-order valence-corrected chi connectivity index (χ2v) is 12.2. The SMILES string of the molecule is O=CO.O=S(=O)(Nc1ccncn1)c1cc(Cl)c(O[C@H]2CC[C@H](c3cccc(C(F)(F)F)c3)C[C@@H]2N2CCCC2)cc1F. The standard InChI is InChI=1S/C27H27ClF4N4O3S.CH2O2/c28-20-14-25(40(37,38)35-26-8-9-33-16-34-26)21(29)15-24(20)39-23-7-6-18(13-22(23)36-10-1-2-11-36)17-4-3-5-19(12-17)27(30,31)32;2-1-3/h3-5,8-9,12,14-16,18,22-23H,1-2,6-7,10-11,13H2,(H,33,34,35);1H,(H,2,3)/t18-,22-,23-;/m0./s1. The molecule has 0 bridgehead atoms. The number of likely N-dealkylation sites (tertiary alicyclic amines) is 1. The molecule has 2 heterocycles. The summed E-state index contributed by atoms with van der Waals surface area (Å²) in [6.07, 6.45) is 1.31. The third-order valence-electron chi connectivity index (χ3n) is 7.43. The van der Waals surface area contributed by atoms with Crippen molar-refractivity contribution < 1.29 is 40.6 Å². The highest BCUT2D eigenvalue weighted by Gasteiger charge is 2.39. The molecule has 232 valence electrons. The number of nitrogens with one attached hydrogen (secondary N) is 1. The average Bonchev–Trinajstić information content (AvgIpc) is 3.50. The van der Waals surface area contributed by atoms with E-state index in [1.165, 1.54) is 24.4 Å². The van der Waals surface area contributed by atoms with Gasteiger partial charge in [0, 0.05) is 18.3 Å². The third kappa shape index (κ3) is 8.12. The first-order valence-corrected chi connectivity index (χ1v) is 15.2. The van der Waals surface area contributed by atoms with Crippen LogP contribution in [0.4, 0.5) is 23.4 Å². The molecule has 1 aliphatic heterocycles. The smallest absolute Gasteiger partial charge is 0.416 e. The van der Waals surface area contributed by atoms with Crippen molar-refractivity contribution in [2.45, 2.75) is 61.2 Å². The lowest BCUT2D eigenvalue weighted by Crippen LogP contribution is -2.48. The first-order chi connectivity index (χ1) is 20.4. The molecule has 3 aromatic rings. The van der Waals surface area contributed by atoms with Crippen LogP contribution in [0.2, 0.25) is 5.02 Å². The Kier molecular flexibility index (Phi) is 10.5. The molecule has 2 aliphatic rings. The van der Waals surface area contributed by atoms with E-state index in [1.807, 2.05) is 0 Å². The fourth-order valence-corrected chi connectivity index (χ4v) is 6.87. The molecule has 2 N–H and O–H groups in total. The monoisotopic (exact) mass is 644 g/mol. The number of nitrogens with zero attached hydrogens (tertiary/aromatic N) is 3. The molecule has 2 fully saturated rings. The molecule has 5 rings (SSSR count). The van der Waals surface area contributed by atoms with Crippen molar-refractivity contribution in [2.75, 3.05) is 17.8 Å². The second kappa shape index (κ2) is 13.9. The lowest BCUT2D eigenvalue weighted by Gasteiger charge is -2.41. The van der Waals surface area contributed by atoms with Crippen molar-refractivity contribution in [1.29, 1.82) is 0 Å². The van der Waals surface area contributed by atoms with Gasteiger partial charge in [-0.2, -0.15) is 13.2 Å². The molecule has 0 unspecified atom stereocenters. The number of benzene rings is 2. The summed E-state index contributed by atoms with van der Waals surface area (Å²) in [6, 6.07) is 8.59. The molecule has 1 aliphatic carbocycles. The maximum Gasteiger partial charge on any atom is 0.416 e. The van der Waals surface area contributed by atoms with Crippen LogP contribution in [0, 0.1) is 5.82 Å². The molecular formula is C28H29ClF4N4O5S. The van der Waals surface area contributed by atoms with Crippen molar-refractivity contribution >= 4 is 33.9 Å². The highest BCUT2D eigenvalue weighted by atomic mass is 35.5. The van der Waals surface area contributed by atoms with E-state index in [1.54, 1.807) is 6.07 Å². The molecule has 1 saturated carbocycles. The number of rotatable bonds is 7. The zero-order valence-electron chi connectivity index (χ0n) is 22.7. The predicted molar refractivity (Wildman–Crippen MR) is 150 cm³/mol. The zero-order valence-corrected chi connectivity index (χ0v) is 24.2. The minimum absolute atomic E-state index is 0.00636. The van der Waals surface area contributed by atoms with Gasteiger partial charge in [-0.1, -0.05) is 29.8 Å². The molecule has 15 heteroatoms. The molecule has 1 saturated heterocycles. The Bertz CT molecular complexity index is 1510. The number of anilines is 1. The van der Waals surface area contributed by atoms with Gasteiger partial charge in [0.1, 0.15) is 34.7 Å². The van der Waals surface area contributed by atoms with Gasteiger partial charge in [0.2, 0.25) is 0 Å². The number of halogens is 5. The van der Waals surface area contributed by atoms with Crippen LogP contribution in [0.1, 0.15) is 49.1 Å². The van der Waals surface area contributed by atoms with E-state index in [0.29, 0.717) is 24.8 Å². The Morgan fingerprint density at radius 1 is 1.12 bits per heavy atom. The highest BCUT2D eigenvalue weighted by molar-refractivity contribution is 7.92. The summed E-state index contributed by atoms with van der Waals surface area (Å²) in [7, 11) is -4.34. The number of hydrogen-bond acceptors (Lipinski definition) is 7. The van der Waals surface area contributed by atoms with Crippen molar-refractivity contribution in [1.82, 2.24) is 14.9 Å². The van der Waals surface area contributed by atoms with E-state index in [4.69, 9.17) is 26.2 Å². The van der Waals surface area contributed by atoms with Crippen LogP contribution in [0.3, 0.4) is 0 Å². The number of carbonyl (C=O) groups is 1. The number of alkyl halides is 3. The van der Waals surface area contributed by atoms with Crippen molar-refractivity contribution in [3.63, 3.8) is 0 Å². The molecule has 0 amide bonds. The maximum atomic E-state index is 15.1. The maximum absolute atomic E-state index is 15.1. The minimum atomic E-state index is -4.42. The average molecular weight is 645 g/mol. The fourth-order valence-electron chi connectivity index (χ4n) is 5.50. The summed E-state index contributed by atoms with van der Waals surface area (Å²) >= 11 is 6.39. The van der Waals surface area contributed by atoms with Crippen molar-refractivity contribution in [2.24, 2.45) is 0 Å². The minimum Gasteiger partial charge on any atom is -0.487 e. The van der Waals surface area contributed by atoms with Crippen LogP contribution >= 0.6 is 11.6 Å². The van der Waals surface area contributed by atoms with Gasteiger partial charge in [-0.15, -0.1) is 0 Å². The number of hydrogen-bond donors (Lipinski definition) is 2. The first kappa shape index (κ1) is 32.4. The van der Waals surface area contributed by atoms with E-state index in [-0.39, 0.29) is 35.0 Å². The highest BCUT2D eigenvalue weighted by Crippen LogP contribution is 2.41. The molecule has 43 heavy (non-hydrogen) atoms. The summed E-state index contributed by atoms with van der Waals surface area (Å²) < 4.78 is 89.0. The number of ether oxygens (including phenoxy) is 1. The second-order valence-electron chi connectivity index (χ2n) is 10.1. The van der Waals surface area contributed by atoms with Gasteiger partial charge in [-0.05, 0) is 74.9 Å². The lowest BCUT2D eigenvalue weighted by atomic mass is 9.79. The molecule has 2 aromatic carbocycles. The van der Waals surface area contributed by atoms with E-state index in [2.05, 4.69) is 19.6 Å². The first-order valence-electron chi connectivity index (χ1n) is 13.4. The summed E-state index contributed by atoms with van der Waals surface area (Å²) in [6.45, 7) is 1.40. The summed E-state index contributed by atoms with van der Waals surface area (Å²) in [5, 5.41) is 6.81. The Morgan fingerprint density at radius 2 is 1.84 bits per heavy atom. The van der Waals surface area contributed by atoms with Crippen molar-refractivity contribution in [3.05, 3.63) is 77.0 Å². The van der Waals surface area contributed by atoms with Gasteiger partial charge in [0.15, 0.2) is 0 Å². The van der Waals surface area contributed by atoms with Crippen LogP contribution in [-0.2, 0) is 21.0 Å². The van der Waals surface area contributed by atoms with Gasteiger partial charge in [0.05, 0.1) is 10.6 Å². The molecular weight excluding hydrogens is 616 g/mol. The summed E-state index contributed by atoms with van der Waals surface area (Å²) in [5.74, 6) is -1.17. The Labute approximate surface area is 250 Å². The van der Waals surface area contributed by atoms with Crippen LogP contribution in [-0.4, -0.2) is 60.1 Å². The van der Waals surface area contributed by atoms with Crippen LogP contribution in [0.5, 0.6) is 5.75 Å². The number of carboxylic acid groups (broad SMARTS) is 1. The predicted octanol–water partition coefficient (Wildman–Crippen LogP) is 5.97. The van der Waals surface area contributed by atoms with Crippen molar-refractivity contribution in [3.8, 4) is 5.75 Å². The van der Waals surface area contributed by atoms with Crippen LogP contribution in [0.25, 0.3) is 0 Å². The van der Waals surface area contributed by atoms with Gasteiger partial charge in [0.25, 0.3) is 16.5 Å². The third-order valence-corrected chi connectivity index (χ3v) is 9.09. The molecule has 0 spiro atoms. The number of sulfonamides is 1. The van der Waals surface area contributed by atoms with E-state index >= 15 is 4.39 Å². The fraction of sp³-hybridized carbons (Fsp3) is 0.393. The van der Waals surface area contributed by atoms with Crippen LogP contribution < -0.4 is 9.46 Å². The summed E-state index contributed by atoms with van der Waals surface area (Å²) in [4.78, 5) is 17.5. The van der Waals surface area contributed by atoms with Gasteiger partial charge >= 0.3 is 6.18 Å². The van der Waals surface area contributed by atoms with Gasteiger partial charge in [-0.3, -0.25) is 14.4 Å². The zero-order chi connectivity index (χ0) is 31.2. The molecule has 0 radical (unpaired) electrons. The summed E-state index contributed by atoms with van der Waals surface area (Å²) in [5.41, 5.74) is -0.0418. The Balaban J connectivity index is 0.00000135. The molecule has 3 atom stereocenters.